The molecule has 0 aliphatic heterocycles. The molecule has 1 N–H and O–H groups in total. The average molecular weight is 317 g/mol. The molecule has 2 aromatic heterocycles. The number of rotatable bonds is 4. The molecule has 0 saturated heterocycles. The first kappa shape index (κ1) is 12.3. The van der Waals surface area contributed by atoms with Gasteiger partial charge in [-0.05, 0) is 29.8 Å². The monoisotopic (exact) mass is 316 g/mol. The molecule has 5 heteroatoms. The van der Waals surface area contributed by atoms with E-state index in [4.69, 9.17) is 0 Å². The molecule has 0 fully saturated rings. The van der Waals surface area contributed by atoms with Crippen LogP contribution in [0.2, 0.25) is 0 Å². The van der Waals surface area contributed by atoms with E-state index in [2.05, 4.69) is 43.6 Å². The molecule has 0 radical (unpaired) electrons. The predicted octanol–water partition coefficient (Wildman–Crippen LogP) is 2.78. The summed E-state index contributed by atoms with van der Waals surface area (Å²) in [7, 11) is 0. The van der Waals surface area contributed by atoms with E-state index in [-0.39, 0.29) is 0 Å². The fraction of sp³-hybridized carbons (Fsp3) is 0.143. The Balaban J connectivity index is 1.66. The molecule has 0 aliphatic carbocycles. The highest BCUT2D eigenvalue weighted by Gasteiger charge is 2.03. The lowest BCUT2D eigenvalue weighted by molar-refractivity contribution is 0.656. The number of nitrogens with one attached hydrogen (secondary N) is 1. The highest BCUT2D eigenvalue weighted by molar-refractivity contribution is 9.10. The van der Waals surface area contributed by atoms with Gasteiger partial charge in [0.15, 0.2) is 11.5 Å². The van der Waals surface area contributed by atoms with Gasteiger partial charge in [0.1, 0.15) is 0 Å². The van der Waals surface area contributed by atoms with Crippen LogP contribution in [0.4, 0.5) is 0 Å². The Morgan fingerprint density at radius 3 is 2.89 bits per heavy atom. The third-order valence-electron chi connectivity index (χ3n) is 2.89. The van der Waals surface area contributed by atoms with E-state index in [9.17, 15) is 0 Å². The normalized spacial score (nSPS) is 11.0. The fourth-order valence-corrected chi connectivity index (χ4v) is 2.42. The molecule has 0 bridgehead atoms. The summed E-state index contributed by atoms with van der Waals surface area (Å²) in [5, 5.41) is 11.7. The summed E-state index contributed by atoms with van der Waals surface area (Å²) >= 11 is 3.47. The van der Waals surface area contributed by atoms with E-state index in [0.29, 0.717) is 6.54 Å². The zero-order valence-electron chi connectivity index (χ0n) is 10.3. The number of benzene rings is 1. The van der Waals surface area contributed by atoms with Crippen LogP contribution in [0.25, 0.3) is 5.65 Å². The molecular weight excluding hydrogens is 304 g/mol. The quantitative estimate of drug-likeness (QED) is 0.804. The summed E-state index contributed by atoms with van der Waals surface area (Å²) in [6, 6.07) is 14.2. The Labute approximate surface area is 119 Å². The zero-order chi connectivity index (χ0) is 13.1. The lowest BCUT2D eigenvalue weighted by atomic mass is 10.2. The molecule has 0 atom stereocenters. The molecule has 1 aromatic carbocycles. The number of hydrogen-bond donors (Lipinski definition) is 1. The van der Waals surface area contributed by atoms with Crippen LogP contribution >= 0.6 is 15.9 Å². The van der Waals surface area contributed by atoms with Gasteiger partial charge in [0, 0.05) is 17.2 Å². The molecule has 0 saturated carbocycles. The number of hydrogen-bond acceptors (Lipinski definition) is 3. The molecule has 0 unspecified atom stereocenters. The molecule has 0 aliphatic rings. The molecule has 3 rings (SSSR count). The van der Waals surface area contributed by atoms with Crippen LogP contribution in [0.15, 0.2) is 53.1 Å². The van der Waals surface area contributed by atoms with Gasteiger partial charge in [-0.25, -0.2) is 0 Å². The molecule has 19 heavy (non-hydrogen) atoms. The van der Waals surface area contributed by atoms with Gasteiger partial charge in [-0.2, -0.15) is 0 Å². The first-order valence-electron chi connectivity index (χ1n) is 6.07. The Morgan fingerprint density at radius 2 is 2.00 bits per heavy atom. The lowest BCUT2D eigenvalue weighted by Gasteiger charge is -2.04. The summed E-state index contributed by atoms with van der Waals surface area (Å²) in [6.07, 6.45) is 1.98. The van der Waals surface area contributed by atoms with Crippen molar-refractivity contribution in [1.82, 2.24) is 19.9 Å². The van der Waals surface area contributed by atoms with Gasteiger partial charge in [-0.15, -0.1) is 10.2 Å². The maximum atomic E-state index is 4.19. The van der Waals surface area contributed by atoms with Crippen LogP contribution in [0.1, 0.15) is 11.4 Å². The number of pyridine rings is 1. The van der Waals surface area contributed by atoms with E-state index >= 15 is 0 Å². The molecule has 96 valence electrons. The van der Waals surface area contributed by atoms with E-state index < -0.39 is 0 Å². The Hall–Kier alpha value is -1.72. The van der Waals surface area contributed by atoms with Crippen molar-refractivity contribution >= 4 is 21.6 Å². The third kappa shape index (κ3) is 2.83. The first-order valence-corrected chi connectivity index (χ1v) is 6.86. The highest BCUT2D eigenvalue weighted by Crippen LogP contribution is 2.11. The Bertz CT molecular complexity index is 692. The summed E-state index contributed by atoms with van der Waals surface area (Å²) in [6.45, 7) is 1.50. The molecule has 3 aromatic rings. The second kappa shape index (κ2) is 5.50. The van der Waals surface area contributed by atoms with Gasteiger partial charge in [-0.1, -0.05) is 34.1 Å². The average Bonchev–Trinajstić information content (AvgIpc) is 2.83. The maximum absolute atomic E-state index is 4.19. The molecule has 2 heterocycles. The summed E-state index contributed by atoms with van der Waals surface area (Å²) < 4.78 is 3.09. The summed E-state index contributed by atoms with van der Waals surface area (Å²) in [5.41, 5.74) is 2.12. The topological polar surface area (TPSA) is 42.2 Å². The summed E-state index contributed by atoms with van der Waals surface area (Å²) in [4.78, 5) is 0. The van der Waals surface area contributed by atoms with E-state index in [1.165, 1.54) is 5.56 Å². The Kier molecular flexibility index (Phi) is 3.57. The smallest absolute Gasteiger partial charge is 0.160 e. The van der Waals surface area contributed by atoms with E-state index in [1.54, 1.807) is 0 Å². The molecule has 0 spiro atoms. The minimum atomic E-state index is 0.692. The van der Waals surface area contributed by atoms with Gasteiger partial charge in [0.25, 0.3) is 0 Å². The minimum absolute atomic E-state index is 0.692. The fourth-order valence-electron chi connectivity index (χ4n) is 1.98. The standard InChI is InChI=1S/C14H13BrN4/c15-12-5-3-4-11(8-12)9-16-10-14-18-17-13-6-1-2-7-19(13)14/h1-8,16H,9-10H2. The van der Waals surface area contributed by atoms with Crippen molar-refractivity contribution < 1.29 is 0 Å². The highest BCUT2D eigenvalue weighted by atomic mass is 79.9. The zero-order valence-corrected chi connectivity index (χ0v) is 11.8. The van der Waals surface area contributed by atoms with Crippen molar-refractivity contribution in [2.45, 2.75) is 13.1 Å². The van der Waals surface area contributed by atoms with Gasteiger partial charge >= 0.3 is 0 Å². The van der Waals surface area contributed by atoms with Gasteiger partial charge in [0.2, 0.25) is 0 Å². The van der Waals surface area contributed by atoms with Crippen molar-refractivity contribution in [2.75, 3.05) is 0 Å². The van der Waals surface area contributed by atoms with Crippen LogP contribution in [-0.2, 0) is 13.1 Å². The van der Waals surface area contributed by atoms with Crippen molar-refractivity contribution in [1.29, 1.82) is 0 Å². The van der Waals surface area contributed by atoms with Gasteiger partial charge < -0.3 is 5.32 Å². The molecular formula is C14H13BrN4. The van der Waals surface area contributed by atoms with E-state index in [0.717, 1.165) is 22.5 Å². The second-order valence-electron chi connectivity index (χ2n) is 4.28. The Morgan fingerprint density at radius 1 is 1.05 bits per heavy atom. The van der Waals surface area contributed by atoms with Crippen molar-refractivity contribution in [3.05, 3.63) is 64.5 Å². The second-order valence-corrected chi connectivity index (χ2v) is 5.19. The molecule has 4 nitrogen and oxygen atoms in total. The lowest BCUT2D eigenvalue weighted by Crippen LogP contribution is -2.14. The van der Waals surface area contributed by atoms with Crippen molar-refractivity contribution in [3.8, 4) is 0 Å². The van der Waals surface area contributed by atoms with Crippen LogP contribution in [-0.4, -0.2) is 14.6 Å². The van der Waals surface area contributed by atoms with Gasteiger partial charge in [0.05, 0.1) is 6.54 Å². The number of fused-ring (bicyclic) bond motifs is 1. The molecule has 0 amide bonds. The van der Waals surface area contributed by atoms with Crippen LogP contribution in [0.5, 0.6) is 0 Å². The largest absolute Gasteiger partial charge is 0.306 e. The first-order chi connectivity index (χ1) is 9.33. The SMILES string of the molecule is Brc1cccc(CNCc2nnc3ccccn23)c1. The van der Waals surface area contributed by atoms with Gasteiger partial charge in [-0.3, -0.25) is 4.40 Å². The summed E-state index contributed by atoms with van der Waals surface area (Å²) in [5.74, 6) is 0.922. The van der Waals surface area contributed by atoms with Crippen LogP contribution in [0.3, 0.4) is 0 Å². The maximum Gasteiger partial charge on any atom is 0.160 e. The van der Waals surface area contributed by atoms with E-state index in [1.807, 2.05) is 40.9 Å². The van der Waals surface area contributed by atoms with Crippen molar-refractivity contribution in [2.24, 2.45) is 0 Å². The number of halogens is 1. The van der Waals surface area contributed by atoms with Crippen LogP contribution in [0, 0.1) is 0 Å². The van der Waals surface area contributed by atoms with Crippen LogP contribution < -0.4 is 5.32 Å². The third-order valence-corrected chi connectivity index (χ3v) is 3.38. The number of aromatic nitrogens is 3. The minimum Gasteiger partial charge on any atom is -0.306 e. The van der Waals surface area contributed by atoms with Crippen molar-refractivity contribution in [3.63, 3.8) is 0 Å². The predicted molar refractivity (Wildman–Crippen MR) is 77.7 cm³/mol. The number of nitrogens with zero attached hydrogens (tertiary/aromatic N) is 3.